The number of rotatable bonds is 8. The van der Waals surface area contributed by atoms with Gasteiger partial charge in [0.15, 0.2) is 20.0 Å². The lowest BCUT2D eigenvalue weighted by atomic mass is 10.2. The van der Waals surface area contributed by atoms with E-state index in [1.54, 1.807) is 12.1 Å². The number of halogens is 1. The van der Waals surface area contributed by atoms with Gasteiger partial charge in [-0.15, -0.1) is 10.2 Å². The predicted octanol–water partition coefficient (Wildman–Crippen LogP) is 4.04. The summed E-state index contributed by atoms with van der Waals surface area (Å²) < 4.78 is 39.4. The Hall–Kier alpha value is -2.24. The van der Waals surface area contributed by atoms with Crippen LogP contribution in [0.5, 0.6) is 0 Å². The third-order valence-electron chi connectivity index (χ3n) is 5.45. The average Bonchev–Trinajstić information content (AvgIpc) is 3.43. The van der Waals surface area contributed by atoms with Gasteiger partial charge in [0.1, 0.15) is 5.82 Å². The summed E-state index contributed by atoms with van der Waals surface area (Å²) in [6.07, 6.45) is 0.583. The Morgan fingerprint density at radius 3 is 2.72 bits per heavy atom. The smallest absolute Gasteiger partial charge is 0.206 e. The van der Waals surface area contributed by atoms with Gasteiger partial charge in [0, 0.05) is 29.5 Å². The summed E-state index contributed by atoms with van der Waals surface area (Å²) in [6, 6.07) is 7.97. The summed E-state index contributed by atoms with van der Waals surface area (Å²) in [4.78, 5) is 12.8. The van der Waals surface area contributed by atoms with Gasteiger partial charge in [-0.2, -0.15) is 0 Å². The highest BCUT2D eigenvalue weighted by Gasteiger charge is 2.31. The van der Waals surface area contributed by atoms with Crippen LogP contribution in [0.3, 0.4) is 0 Å². The van der Waals surface area contributed by atoms with E-state index in [9.17, 15) is 17.6 Å². The number of aryl methyl sites for hydroxylation is 1. The first-order valence-electron chi connectivity index (χ1n) is 10.1. The number of Topliss-reactive ketones (excluding diaryl/α,β-unsaturated/α-hetero) is 1. The van der Waals surface area contributed by atoms with E-state index in [1.165, 1.54) is 35.2 Å². The number of nitrogens with zero attached hydrogens (tertiary/aromatic N) is 3. The second-order valence-electron chi connectivity index (χ2n) is 7.78. The highest BCUT2D eigenvalue weighted by molar-refractivity contribution is 8.01. The molecule has 170 valence electrons. The van der Waals surface area contributed by atoms with Crippen molar-refractivity contribution in [1.82, 2.24) is 14.8 Å². The number of carbonyl (C=O) groups excluding carboxylic acids is 1. The number of ketones is 1. The second kappa shape index (κ2) is 9.32. The molecule has 0 radical (unpaired) electrons. The lowest BCUT2D eigenvalue weighted by molar-refractivity contribution is 0.102. The Bertz CT molecular complexity index is 1240. The number of benzene rings is 1. The lowest BCUT2D eigenvalue weighted by Gasteiger charge is -2.16. The van der Waals surface area contributed by atoms with E-state index in [4.69, 9.17) is 0 Å². The molecule has 0 spiro atoms. The monoisotopic (exact) mass is 494 g/mol. The van der Waals surface area contributed by atoms with Gasteiger partial charge in [-0.1, -0.05) is 35.2 Å². The fourth-order valence-electron chi connectivity index (χ4n) is 3.92. The zero-order valence-electron chi connectivity index (χ0n) is 17.7. The molecule has 11 heteroatoms. The van der Waals surface area contributed by atoms with Crippen molar-refractivity contribution in [3.63, 3.8) is 0 Å². The van der Waals surface area contributed by atoms with Gasteiger partial charge in [-0.05, 0) is 44.0 Å². The van der Waals surface area contributed by atoms with Crippen molar-refractivity contribution in [2.24, 2.45) is 0 Å². The molecular formula is C21H23FN4O3S3. The third kappa shape index (κ3) is 5.21. The number of hydrogen-bond acceptors (Lipinski definition) is 8. The number of nitrogens with one attached hydrogen (secondary N) is 1. The van der Waals surface area contributed by atoms with E-state index in [1.807, 2.05) is 24.5 Å². The zero-order chi connectivity index (χ0) is 22.9. The molecular weight excluding hydrogens is 471 g/mol. The van der Waals surface area contributed by atoms with Crippen LogP contribution >= 0.6 is 23.1 Å². The highest BCUT2D eigenvalue weighted by atomic mass is 32.2. The molecule has 1 saturated heterocycles. The Morgan fingerprint density at radius 1 is 1.28 bits per heavy atom. The number of hydrogen-bond donors (Lipinski definition) is 1. The van der Waals surface area contributed by atoms with E-state index >= 15 is 0 Å². The summed E-state index contributed by atoms with van der Waals surface area (Å²) in [6.45, 7) is 4.28. The van der Waals surface area contributed by atoms with Crippen LogP contribution < -0.4 is 5.32 Å². The maximum absolute atomic E-state index is 13.0. The van der Waals surface area contributed by atoms with E-state index in [2.05, 4.69) is 15.5 Å². The first kappa shape index (κ1) is 22.9. The van der Waals surface area contributed by atoms with Crippen molar-refractivity contribution in [1.29, 1.82) is 0 Å². The zero-order valence-corrected chi connectivity index (χ0v) is 20.1. The topological polar surface area (TPSA) is 93.9 Å². The van der Waals surface area contributed by atoms with E-state index in [-0.39, 0.29) is 34.9 Å². The minimum Gasteiger partial charge on any atom is -0.356 e. The SMILES string of the molecule is Cc1cc(C(=O)CSc2nnc(NCc3ccc(F)cc3)s2)c(C)n1[C@@H]1CCS(=O)(=O)C1. The Morgan fingerprint density at radius 2 is 2.03 bits per heavy atom. The molecule has 1 aliphatic heterocycles. The van der Waals surface area contributed by atoms with Gasteiger partial charge in [0.25, 0.3) is 0 Å². The first-order valence-corrected chi connectivity index (χ1v) is 13.7. The van der Waals surface area contributed by atoms with E-state index < -0.39 is 9.84 Å². The van der Waals surface area contributed by atoms with Crippen molar-refractivity contribution >= 4 is 43.9 Å². The fraction of sp³-hybridized carbons (Fsp3) is 0.381. The van der Waals surface area contributed by atoms with Gasteiger partial charge in [-0.25, -0.2) is 12.8 Å². The summed E-state index contributed by atoms with van der Waals surface area (Å²) in [5, 5.41) is 12.0. The van der Waals surface area contributed by atoms with Crippen LogP contribution in [0.2, 0.25) is 0 Å². The van der Waals surface area contributed by atoms with Crippen LogP contribution in [0, 0.1) is 19.7 Å². The number of anilines is 1. The lowest BCUT2D eigenvalue weighted by Crippen LogP contribution is -2.14. The molecule has 2 aromatic heterocycles. The third-order valence-corrected chi connectivity index (χ3v) is 9.21. The van der Waals surface area contributed by atoms with Crippen LogP contribution in [0.15, 0.2) is 34.7 Å². The molecule has 0 amide bonds. The normalized spacial score (nSPS) is 17.5. The number of carbonyl (C=O) groups is 1. The van der Waals surface area contributed by atoms with E-state index in [0.717, 1.165) is 17.0 Å². The summed E-state index contributed by atoms with van der Waals surface area (Å²) in [5.74, 6) is 0.250. The van der Waals surface area contributed by atoms with Crippen molar-refractivity contribution in [3.8, 4) is 0 Å². The van der Waals surface area contributed by atoms with Gasteiger partial charge >= 0.3 is 0 Å². The summed E-state index contributed by atoms with van der Waals surface area (Å²) >= 11 is 2.68. The Labute approximate surface area is 194 Å². The highest BCUT2D eigenvalue weighted by Crippen LogP contribution is 2.31. The number of thioether (sulfide) groups is 1. The molecule has 1 aliphatic rings. The minimum absolute atomic E-state index is 0.0220. The molecule has 1 fully saturated rings. The molecule has 0 unspecified atom stereocenters. The van der Waals surface area contributed by atoms with Gasteiger partial charge < -0.3 is 9.88 Å². The molecule has 1 atom stereocenters. The van der Waals surface area contributed by atoms with Crippen LogP contribution in [-0.2, 0) is 16.4 Å². The summed E-state index contributed by atoms with van der Waals surface area (Å²) in [5.41, 5.74) is 3.27. The van der Waals surface area contributed by atoms with Crippen molar-refractivity contribution < 1.29 is 17.6 Å². The van der Waals surface area contributed by atoms with Gasteiger partial charge in [0.2, 0.25) is 5.13 Å². The fourth-order valence-corrected chi connectivity index (χ4v) is 7.26. The van der Waals surface area contributed by atoms with Gasteiger partial charge in [-0.3, -0.25) is 4.79 Å². The van der Waals surface area contributed by atoms with Crippen LogP contribution in [-0.4, -0.2) is 46.2 Å². The minimum atomic E-state index is -3.00. The molecule has 3 heterocycles. The molecule has 0 bridgehead atoms. The molecule has 32 heavy (non-hydrogen) atoms. The van der Waals surface area contributed by atoms with Crippen molar-refractivity contribution in [2.75, 3.05) is 22.6 Å². The van der Waals surface area contributed by atoms with E-state index in [0.29, 0.717) is 28.0 Å². The standard InChI is InChI=1S/C21H23FN4O3S3/c1-13-9-18(14(2)26(13)17-7-8-32(28,29)12-17)19(27)11-30-21-25-24-20(31-21)23-10-15-3-5-16(22)6-4-15/h3-6,9,17H,7-8,10-12H2,1-2H3,(H,23,24)/t17-/m1/s1. The first-order chi connectivity index (χ1) is 15.2. The van der Waals surface area contributed by atoms with Gasteiger partial charge in [0.05, 0.1) is 17.3 Å². The largest absolute Gasteiger partial charge is 0.356 e. The predicted molar refractivity (Wildman–Crippen MR) is 125 cm³/mol. The molecule has 1 N–H and O–H groups in total. The maximum Gasteiger partial charge on any atom is 0.206 e. The quantitative estimate of drug-likeness (QED) is 0.373. The molecule has 4 rings (SSSR count). The van der Waals surface area contributed by atoms with Crippen LogP contribution in [0.25, 0.3) is 0 Å². The second-order valence-corrected chi connectivity index (χ2v) is 12.2. The Balaban J connectivity index is 1.35. The summed E-state index contributed by atoms with van der Waals surface area (Å²) in [7, 11) is -3.00. The van der Waals surface area contributed by atoms with Crippen molar-refractivity contribution in [3.05, 3.63) is 58.7 Å². The molecule has 1 aromatic carbocycles. The van der Waals surface area contributed by atoms with Crippen LogP contribution in [0.1, 0.15) is 39.8 Å². The average molecular weight is 495 g/mol. The van der Waals surface area contributed by atoms with Crippen LogP contribution in [0.4, 0.5) is 9.52 Å². The Kier molecular flexibility index (Phi) is 6.68. The number of aromatic nitrogens is 3. The molecule has 3 aromatic rings. The molecule has 0 saturated carbocycles. The number of sulfone groups is 1. The molecule has 7 nitrogen and oxygen atoms in total. The maximum atomic E-state index is 13.0. The van der Waals surface area contributed by atoms with Crippen molar-refractivity contribution in [2.45, 2.75) is 37.2 Å². The molecule has 0 aliphatic carbocycles.